The van der Waals surface area contributed by atoms with Crippen LogP contribution < -0.4 is 16.0 Å². The van der Waals surface area contributed by atoms with Crippen LogP contribution in [-0.2, 0) is 9.47 Å². The van der Waals surface area contributed by atoms with Crippen LogP contribution in [0.4, 0.5) is 0 Å². The predicted molar refractivity (Wildman–Crippen MR) is 75.5 cm³/mol. The molecule has 7 heteroatoms. The fraction of sp³-hybridized carbons (Fsp3) is 0.714. The number of hydrogen-bond donors (Lipinski definition) is 2. The molecule has 0 saturated carbocycles. The number of nitrogens with one attached hydrogen (secondary N) is 1. The van der Waals surface area contributed by atoms with Gasteiger partial charge in [0.2, 0.25) is 5.88 Å². The molecule has 3 N–H and O–H groups in total. The molecular formula is C14H22N4O3. The standard InChI is InChI=1S/C14H22N4O3/c1-19-12-3-2-11(17-18-12)13(16-15)10-4-6-21-14(8-10)5-7-20-9-14/h2-3,10,13,16H,4-9,15H2,1H3. The Balaban J connectivity index is 1.75. The zero-order valence-electron chi connectivity index (χ0n) is 12.2. The second-order valence-corrected chi connectivity index (χ2v) is 5.73. The van der Waals surface area contributed by atoms with Gasteiger partial charge in [-0.3, -0.25) is 11.3 Å². The molecule has 1 aromatic heterocycles. The van der Waals surface area contributed by atoms with Crippen molar-refractivity contribution in [1.82, 2.24) is 15.6 Å². The van der Waals surface area contributed by atoms with E-state index in [2.05, 4.69) is 15.6 Å². The van der Waals surface area contributed by atoms with Gasteiger partial charge in [0.1, 0.15) is 0 Å². The number of aromatic nitrogens is 2. The van der Waals surface area contributed by atoms with Crippen molar-refractivity contribution in [2.45, 2.75) is 30.9 Å². The average molecular weight is 294 g/mol. The molecule has 0 amide bonds. The molecule has 116 valence electrons. The molecule has 3 unspecified atom stereocenters. The molecule has 21 heavy (non-hydrogen) atoms. The fourth-order valence-electron chi connectivity index (χ4n) is 3.28. The van der Waals surface area contributed by atoms with Crippen molar-refractivity contribution in [3.8, 4) is 5.88 Å². The summed E-state index contributed by atoms with van der Waals surface area (Å²) >= 11 is 0. The molecule has 2 aliphatic rings. The normalized spacial score (nSPS) is 30.5. The summed E-state index contributed by atoms with van der Waals surface area (Å²) in [7, 11) is 1.57. The summed E-state index contributed by atoms with van der Waals surface area (Å²) in [6, 6.07) is 3.68. The highest BCUT2D eigenvalue weighted by Gasteiger charge is 2.43. The van der Waals surface area contributed by atoms with E-state index in [9.17, 15) is 0 Å². The maximum atomic E-state index is 5.97. The largest absolute Gasteiger partial charge is 0.480 e. The molecular weight excluding hydrogens is 272 g/mol. The van der Waals surface area contributed by atoms with Crippen molar-refractivity contribution >= 4 is 0 Å². The van der Waals surface area contributed by atoms with E-state index < -0.39 is 0 Å². The first kappa shape index (κ1) is 14.6. The Morgan fingerprint density at radius 1 is 1.43 bits per heavy atom. The van der Waals surface area contributed by atoms with Crippen molar-refractivity contribution in [3.63, 3.8) is 0 Å². The Bertz CT molecular complexity index is 462. The fourth-order valence-corrected chi connectivity index (χ4v) is 3.28. The number of nitrogens with two attached hydrogens (primary N) is 1. The highest BCUT2D eigenvalue weighted by Crippen LogP contribution is 2.40. The zero-order valence-corrected chi connectivity index (χ0v) is 12.2. The summed E-state index contributed by atoms with van der Waals surface area (Å²) < 4.78 is 16.5. The van der Waals surface area contributed by atoms with E-state index in [1.165, 1.54) is 0 Å². The first-order valence-corrected chi connectivity index (χ1v) is 7.32. The van der Waals surface area contributed by atoms with Gasteiger partial charge in [0.05, 0.1) is 31.1 Å². The summed E-state index contributed by atoms with van der Waals surface area (Å²) in [4.78, 5) is 0. The van der Waals surface area contributed by atoms with Gasteiger partial charge in [-0.1, -0.05) is 0 Å². The van der Waals surface area contributed by atoms with Crippen molar-refractivity contribution < 1.29 is 14.2 Å². The monoisotopic (exact) mass is 294 g/mol. The van der Waals surface area contributed by atoms with Crippen molar-refractivity contribution in [2.24, 2.45) is 11.8 Å². The van der Waals surface area contributed by atoms with Gasteiger partial charge >= 0.3 is 0 Å². The molecule has 1 spiro atoms. The molecule has 0 bridgehead atoms. The minimum atomic E-state index is -0.141. The Morgan fingerprint density at radius 3 is 2.95 bits per heavy atom. The molecule has 0 radical (unpaired) electrons. The van der Waals surface area contributed by atoms with Gasteiger partial charge in [0, 0.05) is 25.7 Å². The molecule has 3 heterocycles. The maximum absolute atomic E-state index is 5.97. The zero-order chi connectivity index (χ0) is 14.7. The van der Waals surface area contributed by atoms with Crippen LogP contribution in [0.1, 0.15) is 31.0 Å². The summed E-state index contributed by atoms with van der Waals surface area (Å²) in [5, 5.41) is 8.25. The lowest BCUT2D eigenvalue weighted by Crippen LogP contribution is -2.45. The van der Waals surface area contributed by atoms with E-state index in [0.29, 0.717) is 18.4 Å². The Hall–Kier alpha value is -1.28. The van der Waals surface area contributed by atoms with Crippen LogP contribution in [0.3, 0.4) is 0 Å². The van der Waals surface area contributed by atoms with E-state index in [4.69, 9.17) is 20.1 Å². The van der Waals surface area contributed by atoms with Gasteiger partial charge in [-0.15, -0.1) is 5.10 Å². The second kappa shape index (κ2) is 6.23. The minimum absolute atomic E-state index is 0.0372. The Morgan fingerprint density at radius 2 is 2.33 bits per heavy atom. The molecule has 0 aliphatic carbocycles. The van der Waals surface area contributed by atoms with Crippen molar-refractivity contribution in [1.29, 1.82) is 0 Å². The van der Waals surface area contributed by atoms with Crippen LogP contribution in [-0.4, -0.2) is 42.7 Å². The van der Waals surface area contributed by atoms with Gasteiger partial charge in [0.25, 0.3) is 0 Å². The number of nitrogens with zero attached hydrogens (tertiary/aromatic N) is 2. The van der Waals surface area contributed by atoms with Gasteiger partial charge in [0.15, 0.2) is 0 Å². The highest BCUT2D eigenvalue weighted by molar-refractivity contribution is 5.15. The van der Waals surface area contributed by atoms with Gasteiger partial charge in [-0.2, -0.15) is 5.10 Å². The molecule has 2 aliphatic heterocycles. The number of hydrazine groups is 1. The first-order chi connectivity index (χ1) is 10.3. The van der Waals surface area contributed by atoms with E-state index in [0.717, 1.165) is 38.2 Å². The van der Waals surface area contributed by atoms with Crippen LogP contribution >= 0.6 is 0 Å². The smallest absolute Gasteiger partial charge is 0.233 e. The molecule has 2 fully saturated rings. The SMILES string of the molecule is COc1ccc(C(NN)C2CCOC3(CCOC3)C2)nn1. The number of hydrogen-bond acceptors (Lipinski definition) is 7. The predicted octanol–water partition coefficient (Wildman–Crippen LogP) is 0.575. The average Bonchev–Trinajstić information content (AvgIpc) is 2.96. The van der Waals surface area contributed by atoms with E-state index in [-0.39, 0.29) is 11.6 Å². The number of rotatable bonds is 4. The lowest BCUT2D eigenvalue weighted by Gasteiger charge is -2.39. The van der Waals surface area contributed by atoms with Gasteiger partial charge < -0.3 is 14.2 Å². The van der Waals surface area contributed by atoms with E-state index in [1.807, 2.05) is 6.07 Å². The molecule has 2 saturated heterocycles. The third-order valence-corrected chi connectivity index (χ3v) is 4.44. The molecule has 1 aromatic rings. The van der Waals surface area contributed by atoms with Crippen LogP contribution in [0.2, 0.25) is 0 Å². The third kappa shape index (κ3) is 3.01. The summed E-state index contributed by atoms with van der Waals surface area (Å²) in [6.07, 6.45) is 2.83. The third-order valence-electron chi connectivity index (χ3n) is 4.44. The quantitative estimate of drug-likeness (QED) is 0.619. The van der Waals surface area contributed by atoms with Crippen molar-refractivity contribution in [2.75, 3.05) is 26.9 Å². The van der Waals surface area contributed by atoms with Gasteiger partial charge in [-0.05, 0) is 24.8 Å². The topological polar surface area (TPSA) is 91.5 Å². The van der Waals surface area contributed by atoms with Crippen LogP contribution in [0, 0.1) is 5.92 Å². The maximum Gasteiger partial charge on any atom is 0.233 e. The summed E-state index contributed by atoms with van der Waals surface area (Å²) in [6.45, 7) is 2.18. The lowest BCUT2D eigenvalue weighted by atomic mass is 9.80. The van der Waals surface area contributed by atoms with Crippen LogP contribution in [0.25, 0.3) is 0 Å². The highest BCUT2D eigenvalue weighted by atomic mass is 16.6. The first-order valence-electron chi connectivity index (χ1n) is 7.32. The van der Waals surface area contributed by atoms with Gasteiger partial charge in [-0.25, -0.2) is 0 Å². The van der Waals surface area contributed by atoms with Crippen LogP contribution in [0.5, 0.6) is 5.88 Å². The van der Waals surface area contributed by atoms with E-state index >= 15 is 0 Å². The number of ether oxygens (including phenoxy) is 3. The minimum Gasteiger partial charge on any atom is -0.480 e. The molecule has 7 nitrogen and oxygen atoms in total. The second-order valence-electron chi connectivity index (χ2n) is 5.73. The molecule has 3 rings (SSSR count). The molecule has 3 atom stereocenters. The Labute approximate surface area is 124 Å². The van der Waals surface area contributed by atoms with Crippen molar-refractivity contribution in [3.05, 3.63) is 17.8 Å². The molecule has 0 aromatic carbocycles. The Kier molecular flexibility index (Phi) is 4.34. The van der Waals surface area contributed by atoms with Crippen LogP contribution in [0.15, 0.2) is 12.1 Å². The lowest BCUT2D eigenvalue weighted by molar-refractivity contribution is -0.103. The number of methoxy groups -OCH3 is 1. The summed E-state index contributed by atoms with van der Waals surface area (Å²) in [5.74, 6) is 6.63. The van der Waals surface area contributed by atoms with E-state index in [1.54, 1.807) is 13.2 Å². The summed E-state index contributed by atoms with van der Waals surface area (Å²) in [5.41, 5.74) is 3.58.